The Morgan fingerprint density at radius 2 is 1.91 bits per heavy atom. The smallest absolute Gasteiger partial charge is 0.182 e. The van der Waals surface area contributed by atoms with Gasteiger partial charge in [-0.1, -0.05) is 24.6 Å². The molecular weight excluding hydrogens is 448 g/mol. The summed E-state index contributed by atoms with van der Waals surface area (Å²) in [5.74, 6) is 1.01. The van der Waals surface area contributed by atoms with Crippen molar-refractivity contribution in [2.75, 3.05) is 0 Å². The maximum absolute atomic E-state index is 13.4. The summed E-state index contributed by atoms with van der Waals surface area (Å²) in [6.45, 7) is 5.44. The second-order valence-corrected chi connectivity index (χ2v) is 11.9. The molecule has 0 saturated heterocycles. The number of hydrogen-bond acceptors (Lipinski definition) is 7. The lowest BCUT2D eigenvalue weighted by atomic mass is 10.1. The van der Waals surface area contributed by atoms with Crippen LogP contribution in [-0.4, -0.2) is 43.4 Å². The average Bonchev–Trinajstić information content (AvgIpc) is 3.65. The minimum atomic E-state index is -3.55. The van der Waals surface area contributed by atoms with E-state index in [1.54, 1.807) is 6.92 Å². The van der Waals surface area contributed by atoms with Crippen molar-refractivity contribution in [1.82, 2.24) is 29.7 Å². The predicted octanol–water partition coefficient (Wildman–Crippen LogP) is 3.92. The Morgan fingerprint density at radius 1 is 1.19 bits per heavy atom. The molecule has 0 aliphatic heterocycles. The second kappa shape index (κ2) is 7.59. The zero-order valence-electron chi connectivity index (χ0n) is 18.2. The number of hydrogen-bond donors (Lipinski definition) is 0. The van der Waals surface area contributed by atoms with Gasteiger partial charge in [-0.2, -0.15) is 0 Å². The van der Waals surface area contributed by atoms with Crippen LogP contribution in [0.25, 0.3) is 11.5 Å². The largest absolute Gasteiger partial charge is 0.305 e. The van der Waals surface area contributed by atoms with Crippen molar-refractivity contribution in [3.8, 4) is 11.5 Å². The van der Waals surface area contributed by atoms with Gasteiger partial charge in [-0.05, 0) is 50.7 Å². The molecule has 0 N–H and O–H groups in total. The van der Waals surface area contributed by atoms with Gasteiger partial charge in [-0.3, -0.25) is 0 Å². The maximum Gasteiger partial charge on any atom is 0.182 e. The molecular formula is C22H25ClN6O2S. The number of pyridine rings is 1. The third-order valence-electron chi connectivity index (χ3n) is 6.88. The van der Waals surface area contributed by atoms with Crippen molar-refractivity contribution < 1.29 is 8.42 Å². The predicted molar refractivity (Wildman–Crippen MR) is 121 cm³/mol. The van der Waals surface area contributed by atoms with Gasteiger partial charge in [0.25, 0.3) is 0 Å². The normalized spacial score (nSPS) is 20.8. The van der Waals surface area contributed by atoms with Crippen LogP contribution in [-0.2, 0) is 15.6 Å². The molecule has 8 nitrogen and oxygen atoms in total. The van der Waals surface area contributed by atoms with Crippen LogP contribution in [0.1, 0.15) is 62.4 Å². The molecule has 168 valence electrons. The lowest BCUT2D eigenvalue weighted by Crippen LogP contribution is -2.27. The topological polar surface area (TPSA) is 104 Å². The number of rotatable bonds is 7. The van der Waals surface area contributed by atoms with Crippen LogP contribution >= 0.6 is 11.6 Å². The summed E-state index contributed by atoms with van der Waals surface area (Å²) in [6, 6.07) is 6.00. The van der Waals surface area contributed by atoms with Crippen LogP contribution in [0, 0.1) is 12.3 Å². The average molecular weight is 473 g/mol. The Labute approximate surface area is 192 Å². The van der Waals surface area contributed by atoms with Crippen molar-refractivity contribution in [1.29, 1.82) is 0 Å². The number of aryl methyl sites for hydroxylation is 1. The summed E-state index contributed by atoms with van der Waals surface area (Å²) in [4.78, 5) is 13.0. The fraction of sp³-hybridized carbons (Fsp3) is 0.500. The summed E-state index contributed by atoms with van der Waals surface area (Å²) in [6.07, 6.45) is 6.36. The van der Waals surface area contributed by atoms with Crippen molar-refractivity contribution >= 4 is 21.4 Å². The van der Waals surface area contributed by atoms with E-state index in [0.717, 1.165) is 17.8 Å². The van der Waals surface area contributed by atoms with Gasteiger partial charge in [0, 0.05) is 30.0 Å². The Hall–Kier alpha value is -2.39. The van der Waals surface area contributed by atoms with Gasteiger partial charge in [0.2, 0.25) is 0 Å². The summed E-state index contributed by atoms with van der Waals surface area (Å²) in [5.41, 5.74) is 1.91. The Morgan fingerprint density at radius 3 is 2.53 bits per heavy atom. The molecule has 0 bridgehead atoms. The Bertz CT molecular complexity index is 1270. The molecule has 2 aliphatic rings. The zero-order valence-corrected chi connectivity index (χ0v) is 19.8. The molecule has 3 aromatic heterocycles. The quantitative estimate of drug-likeness (QED) is 0.513. The Kier molecular flexibility index (Phi) is 5.09. The van der Waals surface area contributed by atoms with E-state index < -0.39 is 15.1 Å². The summed E-state index contributed by atoms with van der Waals surface area (Å²) in [5, 5.41) is 8.44. The third-order valence-corrected chi connectivity index (χ3v) is 9.28. The van der Waals surface area contributed by atoms with Crippen molar-refractivity contribution in [3.05, 3.63) is 53.0 Å². The van der Waals surface area contributed by atoms with Crippen LogP contribution in [0.4, 0.5) is 0 Å². The number of nitrogens with zero attached hydrogens (tertiary/aromatic N) is 6. The van der Waals surface area contributed by atoms with Gasteiger partial charge in [0.1, 0.15) is 23.1 Å². The first kappa shape index (κ1) is 21.5. The molecule has 3 atom stereocenters. The maximum atomic E-state index is 13.4. The highest BCUT2D eigenvalue weighted by Gasteiger charge is 2.64. The van der Waals surface area contributed by atoms with E-state index in [9.17, 15) is 8.42 Å². The number of aromatic nitrogens is 6. The minimum absolute atomic E-state index is 0.183. The molecule has 5 rings (SSSR count). The van der Waals surface area contributed by atoms with Crippen LogP contribution in [0.5, 0.6) is 0 Å². The van der Waals surface area contributed by atoms with Gasteiger partial charge in [-0.15, -0.1) is 10.2 Å². The third kappa shape index (κ3) is 3.81. The molecule has 32 heavy (non-hydrogen) atoms. The minimum Gasteiger partial charge on any atom is -0.305 e. The second-order valence-electron chi connectivity index (χ2n) is 9.12. The Balaban J connectivity index is 1.46. The van der Waals surface area contributed by atoms with E-state index in [1.165, 1.54) is 25.2 Å². The fourth-order valence-electron chi connectivity index (χ4n) is 4.37. The lowest BCUT2D eigenvalue weighted by molar-refractivity contribution is 0.556. The molecule has 0 amide bonds. The molecule has 3 aromatic rings. The SMILES string of the molecule is Cc1cccc(-c2nnc(CS(=O)(=O)[C@@H](C)[C@H](C)c3ncc(Cl)cn3)n2C2CC23CC3)n1. The standard InChI is InChI=1S/C22H25ClN6O2S/c1-13-5-4-6-17(26-13)21-28-27-19(29(21)18-9-22(18)7-8-22)12-32(30,31)15(3)14(2)20-24-10-16(23)11-25-20/h4-6,10-11,14-15,18H,7-9,12H2,1-3H3/t14-,15-,18?/m0/s1. The van der Waals surface area contributed by atoms with Crippen molar-refractivity contribution in [3.63, 3.8) is 0 Å². The lowest BCUT2D eigenvalue weighted by Gasteiger charge is -2.19. The van der Waals surface area contributed by atoms with Crippen molar-refractivity contribution in [2.45, 2.75) is 63.0 Å². The highest BCUT2D eigenvalue weighted by molar-refractivity contribution is 7.91. The van der Waals surface area contributed by atoms with E-state index in [0.29, 0.717) is 27.9 Å². The van der Waals surface area contributed by atoms with E-state index in [2.05, 4.69) is 25.1 Å². The molecule has 2 saturated carbocycles. The molecule has 1 spiro atoms. The molecule has 2 fully saturated rings. The zero-order chi connectivity index (χ0) is 22.7. The number of sulfone groups is 1. The van der Waals surface area contributed by atoms with E-state index >= 15 is 0 Å². The molecule has 0 aromatic carbocycles. The summed E-state index contributed by atoms with van der Waals surface area (Å²) in [7, 11) is -3.55. The summed E-state index contributed by atoms with van der Waals surface area (Å²) >= 11 is 5.87. The molecule has 1 unspecified atom stereocenters. The van der Waals surface area contributed by atoms with Gasteiger partial charge < -0.3 is 4.57 Å². The van der Waals surface area contributed by atoms with Gasteiger partial charge in [0.05, 0.1) is 10.3 Å². The highest BCUT2D eigenvalue weighted by Crippen LogP contribution is 2.73. The van der Waals surface area contributed by atoms with Gasteiger partial charge in [0.15, 0.2) is 15.7 Å². The fourth-order valence-corrected chi connectivity index (χ4v) is 6.03. The molecule has 10 heteroatoms. The van der Waals surface area contributed by atoms with E-state index in [-0.39, 0.29) is 17.7 Å². The van der Waals surface area contributed by atoms with Gasteiger partial charge >= 0.3 is 0 Å². The van der Waals surface area contributed by atoms with Crippen LogP contribution in [0.2, 0.25) is 5.02 Å². The van der Waals surface area contributed by atoms with E-state index in [1.807, 2.05) is 36.6 Å². The van der Waals surface area contributed by atoms with Crippen LogP contribution in [0.15, 0.2) is 30.6 Å². The van der Waals surface area contributed by atoms with E-state index in [4.69, 9.17) is 11.6 Å². The monoisotopic (exact) mass is 472 g/mol. The first-order valence-electron chi connectivity index (χ1n) is 10.8. The van der Waals surface area contributed by atoms with Crippen LogP contribution < -0.4 is 0 Å². The number of halogens is 1. The summed E-state index contributed by atoms with van der Waals surface area (Å²) < 4.78 is 28.8. The van der Waals surface area contributed by atoms with Crippen LogP contribution in [0.3, 0.4) is 0 Å². The van der Waals surface area contributed by atoms with Crippen molar-refractivity contribution in [2.24, 2.45) is 5.41 Å². The van der Waals surface area contributed by atoms with Gasteiger partial charge in [-0.25, -0.2) is 23.4 Å². The first-order chi connectivity index (χ1) is 15.2. The molecule has 2 aliphatic carbocycles. The first-order valence-corrected chi connectivity index (χ1v) is 12.9. The molecule has 0 radical (unpaired) electrons. The highest BCUT2D eigenvalue weighted by atomic mass is 35.5. The molecule has 3 heterocycles.